The van der Waals surface area contributed by atoms with E-state index in [2.05, 4.69) is 17.6 Å². The third kappa shape index (κ3) is 2.18. The van der Waals surface area contributed by atoms with Crippen molar-refractivity contribution >= 4 is 11.6 Å². The lowest BCUT2D eigenvalue weighted by Crippen LogP contribution is -2.50. The van der Waals surface area contributed by atoms with E-state index in [4.69, 9.17) is 0 Å². The maximum Gasteiger partial charge on any atom is 0.241 e. The van der Waals surface area contributed by atoms with Gasteiger partial charge in [-0.15, -0.1) is 0 Å². The molecule has 15 heavy (non-hydrogen) atoms. The van der Waals surface area contributed by atoms with E-state index in [0.29, 0.717) is 0 Å². The minimum atomic E-state index is 0.00918. The topological polar surface area (TPSA) is 41.1 Å². The fourth-order valence-corrected chi connectivity index (χ4v) is 1.68. The number of nitrogens with one attached hydrogen (secondary N) is 2. The number of aryl methyl sites for hydroxylation is 1. The van der Waals surface area contributed by atoms with E-state index in [9.17, 15) is 4.79 Å². The molecule has 3 nitrogen and oxygen atoms in total. The number of hydrogen-bond donors (Lipinski definition) is 2. The highest BCUT2D eigenvalue weighted by Gasteiger charge is 2.24. The van der Waals surface area contributed by atoms with Crippen molar-refractivity contribution in [3.63, 3.8) is 0 Å². The van der Waals surface area contributed by atoms with Crippen molar-refractivity contribution in [3.8, 4) is 0 Å². The van der Waals surface area contributed by atoms with Gasteiger partial charge in [0.05, 0.1) is 6.04 Å². The van der Waals surface area contributed by atoms with Gasteiger partial charge in [-0.05, 0) is 31.0 Å². The molecule has 2 N–H and O–H groups in total. The number of amides is 1. The summed E-state index contributed by atoms with van der Waals surface area (Å²) < 4.78 is 0. The van der Waals surface area contributed by atoms with Crippen molar-refractivity contribution in [2.45, 2.75) is 25.8 Å². The van der Waals surface area contributed by atoms with Crippen LogP contribution in [0.25, 0.3) is 0 Å². The van der Waals surface area contributed by atoms with Crippen molar-refractivity contribution in [2.75, 3.05) is 11.9 Å². The highest BCUT2D eigenvalue weighted by Crippen LogP contribution is 2.16. The van der Waals surface area contributed by atoms with Crippen molar-refractivity contribution in [3.05, 3.63) is 29.8 Å². The fourth-order valence-electron chi connectivity index (χ4n) is 1.68. The monoisotopic (exact) mass is 204 g/mol. The van der Waals surface area contributed by atoms with E-state index in [0.717, 1.165) is 25.1 Å². The molecule has 1 heterocycles. The summed E-state index contributed by atoms with van der Waals surface area (Å²) in [4.78, 5) is 11.7. The van der Waals surface area contributed by atoms with Crippen LogP contribution in [0.3, 0.4) is 0 Å². The zero-order valence-corrected chi connectivity index (χ0v) is 8.92. The van der Waals surface area contributed by atoms with E-state index in [-0.39, 0.29) is 11.9 Å². The first-order valence-corrected chi connectivity index (χ1v) is 5.43. The summed E-state index contributed by atoms with van der Waals surface area (Å²) in [5.74, 6) is 0.0853. The maximum atomic E-state index is 11.7. The van der Waals surface area contributed by atoms with Gasteiger partial charge >= 0.3 is 0 Å². The van der Waals surface area contributed by atoms with Crippen LogP contribution in [0.4, 0.5) is 5.69 Å². The molecule has 1 amide bonds. The predicted molar refractivity (Wildman–Crippen MR) is 60.9 cm³/mol. The Morgan fingerprint density at radius 1 is 1.53 bits per heavy atom. The third-order valence-electron chi connectivity index (χ3n) is 2.80. The number of benzene rings is 1. The molecule has 0 aromatic heterocycles. The maximum absolute atomic E-state index is 11.7. The molecule has 1 aromatic carbocycles. The van der Waals surface area contributed by atoms with E-state index in [1.807, 2.05) is 24.3 Å². The van der Waals surface area contributed by atoms with Crippen LogP contribution in [0.5, 0.6) is 0 Å². The smallest absolute Gasteiger partial charge is 0.241 e. The summed E-state index contributed by atoms with van der Waals surface area (Å²) in [6, 6.07) is 7.95. The number of para-hydroxylation sites is 1. The van der Waals surface area contributed by atoms with Gasteiger partial charge in [-0.2, -0.15) is 0 Å². The van der Waals surface area contributed by atoms with E-state index < -0.39 is 0 Å². The highest BCUT2D eigenvalue weighted by molar-refractivity contribution is 5.96. The molecule has 1 atom stereocenters. The molecule has 2 rings (SSSR count). The minimum Gasteiger partial charge on any atom is -0.324 e. The molecule has 3 heteroatoms. The Balaban J connectivity index is 2.05. The third-order valence-corrected chi connectivity index (χ3v) is 2.80. The normalized spacial score (nSPS) is 19.4. The van der Waals surface area contributed by atoms with Gasteiger partial charge in [0.25, 0.3) is 0 Å². The van der Waals surface area contributed by atoms with E-state index in [1.165, 1.54) is 5.56 Å². The Morgan fingerprint density at radius 3 is 2.87 bits per heavy atom. The van der Waals surface area contributed by atoms with Gasteiger partial charge in [-0.1, -0.05) is 25.1 Å². The van der Waals surface area contributed by atoms with Crippen molar-refractivity contribution in [1.82, 2.24) is 5.32 Å². The van der Waals surface area contributed by atoms with Crippen molar-refractivity contribution < 1.29 is 4.79 Å². The van der Waals surface area contributed by atoms with Crippen molar-refractivity contribution in [1.29, 1.82) is 0 Å². The van der Waals surface area contributed by atoms with Crippen LogP contribution in [-0.2, 0) is 11.2 Å². The van der Waals surface area contributed by atoms with Gasteiger partial charge in [-0.3, -0.25) is 4.79 Å². The SMILES string of the molecule is CCc1ccccc1NC(=O)[C@H]1CCN1. The molecule has 0 saturated carbocycles. The minimum absolute atomic E-state index is 0.00918. The quantitative estimate of drug-likeness (QED) is 0.784. The van der Waals surface area contributed by atoms with Gasteiger partial charge in [0.1, 0.15) is 0 Å². The number of hydrogen-bond acceptors (Lipinski definition) is 2. The second kappa shape index (κ2) is 4.45. The fraction of sp³-hybridized carbons (Fsp3) is 0.417. The van der Waals surface area contributed by atoms with Gasteiger partial charge in [0.2, 0.25) is 5.91 Å². The van der Waals surface area contributed by atoms with Crippen LogP contribution in [0.1, 0.15) is 18.9 Å². The summed E-state index contributed by atoms with van der Waals surface area (Å²) in [6.45, 7) is 3.04. The van der Waals surface area contributed by atoms with Crippen LogP contribution < -0.4 is 10.6 Å². The average molecular weight is 204 g/mol. The van der Waals surface area contributed by atoms with E-state index >= 15 is 0 Å². The van der Waals surface area contributed by atoms with Gasteiger partial charge in [0.15, 0.2) is 0 Å². The molecule has 1 aliphatic rings. The lowest BCUT2D eigenvalue weighted by atomic mass is 10.1. The summed E-state index contributed by atoms with van der Waals surface area (Å²) in [7, 11) is 0. The predicted octanol–water partition coefficient (Wildman–Crippen LogP) is 1.55. The molecule has 1 fully saturated rings. The Labute approximate surface area is 89.9 Å². The molecule has 80 valence electrons. The van der Waals surface area contributed by atoms with Crippen LogP contribution in [0.15, 0.2) is 24.3 Å². The molecule has 0 radical (unpaired) electrons. The molecular formula is C12H16N2O. The number of carbonyl (C=O) groups is 1. The molecule has 1 aromatic rings. The molecule has 1 aliphatic heterocycles. The van der Waals surface area contributed by atoms with Crippen LogP contribution in [-0.4, -0.2) is 18.5 Å². The first kappa shape index (κ1) is 10.2. The number of anilines is 1. The first-order valence-electron chi connectivity index (χ1n) is 5.43. The second-order valence-corrected chi connectivity index (χ2v) is 3.80. The first-order chi connectivity index (χ1) is 7.31. The molecular weight excluding hydrogens is 188 g/mol. The largest absolute Gasteiger partial charge is 0.324 e. The molecule has 1 saturated heterocycles. The molecule has 0 aliphatic carbocycles. The van der Waals surface area contributed by atoms with E-state index in [1.54, 1.807) is 0 Å². The Kier molecular flexibility index (Phi) is 3.02. The molecule has 0 bridgehead atoms. The van der Waals surface area contributed by atoms with Crippen LogP contribution >= 0.6 is 0 Å². The zero-order chi connectivity index (χ0) is 10.7. The lowest BCUT2D eigenvalue weighted by molar-refractivity contribution is -0.119. The molecule has 0 spiro atoms. The highest BCUT2D eigenvalue weighted by atomic mass is 16.2. The van der Waals surface area contributed by atoms with Gasteiger partial charge < -0.3 is 10.6 Å². The standard InChI is InChI=1S/C12H16N2O/c1-2-9-5-3-4-6-10(9)14-12(15)11-7-8-13-11/h3-6,11,13H,2,7-8H2,1H3,(H,14,15)/t11-/m1/s1. The van der Waals surface area contributed by atoms with Gasteiger partial charge in [0, 0.05) is 5.69 Å². The summed E-state index contributed by atoms with van der Waals surface area (Å²) >= 11 is 0. The Bertz CT molecular complexity index is 358. The summed E-state index contributed by atoms with van der Waals surface area (Å²) in [6.07, 6.45) is 1.88. The summed E-state index contributed by atoms with van der Waals surface area (Å²) in [5.41, 5.74) is 2.13. The summed E-state index contributed by atoms with van der Waals surface area (Å²) in [5, 5.41) is 6.05. The van der Waals surface area contributed by atoms with Crippen molar-refractivity contribution in [2.24, 2.45) is 0 Å². The van der Waals surface area contributed by atoms with Crippen LogP contribution in [0.2, 0.25) is 0 Å². The van der Waals surface area contributed by atoms with Crippen LogP contribution in [0, 0.1) is 0 Å². The van der Waals surface area contributed by atoms with Gasteiger partial charge in [-0.25, -0.2) is 0 Å². The average Bonchev–Trinajstić information content (AvgIpc) is 2.15. The Hall–Kier alpha value is -1.35. The lowest BCUT2D eigenvalue weighted by Gasteiger charge is -2.26. The number of rotatable bonds is 3. The Morgan fingerprint density at radius 2 is 2.27 bits per heavy atom. The second-order valence-electron chi connectivity index (χ2n) is 3.80. The molecule has 0 unspecified atom stereocenters. The number of carbonyl (C=O) groups excluding carboxylic acids is 1. The zero-order valence-electron chi connectivity index (χ0n) is 8.92.